The smallest absolute Gasteiger partial charge is 0.303 e. The molecule has 1 fully saturated rings. The van der Waals surface area contributed by atoms with Gasteiger partial charge in [0, 0.05) is 20.8 Å². The first-order valence-electron chi connectivity index (χ1n) is 9.36. The third-order valence-corrected chi connectivity index (χ3v) is 5.54. The second-order valence-corrected chi connectivity index (χ2v) is 7.90. The second kappa shape index (κ2) is 9.15. The van der Waals surface area contributed by atoms with Crippen LogP contribution >= 0.6 is 15.9 Å². The number of imide groups is 1. The third kappa shape index (κ3) is 4.62. The topological polar surface area (TPSA) is 126 Å². The molecule has 0 saturated carbocycles. The summed E-state index contributed by atoms with van der Waals surface area (Å²) < 4.78 is 21.5. The molecule has 166 valence electrons. The number of carbonyl (C=O) groups excluding carboxylic acids is 5. The summed E-state index contributed by atoms with van der Waals surface area (Å²) in [5.74, 6) is -3.24. The van der Waals surface area contributed by atoms with Crippen LogP contribution in [0.4, 0.5) is 0 Å². The van der Waals surface area contributed by atoms with E-state index in [4.69, 9.17) is 18.9 Å². The van der Waals surface area contributed by atoms with Gasteiger partial charge in [-0.2, -0.15) is 0 Å². The van der Waals surface area contributed by atoms with Gasteiger partial charge < -0.3 is 18.9 Å². The van der Waals surface area contributed by atoms with Crippen molar-refractivity contribution < 1.29 is 42.9 Å². The fourth-order valence-corrected chi connectivity index (χ4v) is 4.43. The Balaban J connectivity index is 2.01. The number of hydrogen-bond acceptors (Lipinski definition) is 9. The lowest BCUT2D eigenvalue weighted by molar-refractivity contribution is -0.216. The molecule has 0 radical (unpaired) electrons. The molecule has 2 aliphatic heterocycles. The minimum Gasteiger partial charge on any atom is -0.463 e. The van der Waals surface area contributed by atoms with Gasteiger partial charge >= 0.3 is 17.9 Å². The van der Waals surface area contributed by atoms with E-state index in [0.717, 1.165) is 18.7 Å². The Morgan fingerprint density at radius 3 is 1.94 bits per heavy atom. The standard InChI is InChI=1S/C20H20BrNO9/c1-9(23)28-8-14-16(29-10(2)24)17(30-11(3)25)15(18(21)31-14)22-19(26)12-6-4-5-7-13(12)20(22)27/h4-7,14-18H,8H2,1-3H3/t14-,15-,16-,17+,18?/m1/s1. The highest BCUT2D eigenvalue weighted by Gasteiger charge is 2.56. The number of rotatable bonds is 5. The largest absolute Gasteiger partial charge is 0.463 e. The van der Waals surface area contributed by atoms with Crippen LogP contribution in [0, 0.1) is 0 Å². The lowest BCUT2D eigenvalue weighted by Gasteiger charge is -2.45. The van der Waals surface area contributed by atoms with E-state index in [1.807, 2.05) is 0 Å². The number of esters is 3. The van der Waals surface area contributed by atoms with Crippen LogP contribution in [0.1, 0.15) is 41.5 Å². The molecule has 1 unspecified atom stereocenters. The first-order valence-corrected chi connectivity index (χ1v) is 10.3. The minimum atomic E-state index is -1.28. The van der Waals surface area contributed by atoms with E-state index in [9.17, 15) is 24.0 Å². The lowest BCUT2D eigenvalue weighted by Crippen LogP contribution is -2.65. The van der Waals surface area contributed by atoms with Crippen LogP contribution in [0.25, 0.3) is 0 Å². The highest BCUT2D eigenvalue weighted by atomic mass is 79.9. The molecule has 1 saturated heterocycles. The molecule has 0 spiro atoms. The predicted molar refractivity (Wildman–Crippen MR) is 106 cm³/mol. The molecule has 0 aliphatic carbocycles. The Bertz CT molecular complexity index is 898. The van der Waals surface area contributed by atoms with E-state index in [-0.39, 0.29) is 17.7 Å². The van der Waals surface area contributed by atoms with Crippen molar-refractivity contribution in [2.24, 2.45) is 0 Å². The summed E-state index contributed by atoms with van der Waals surface area (Å²) in [6.07, 6.45) is -3.54. The SMILES string of the molecule is CC(=O)OC[C@H]1OC(Br)[C@H](N2C(=O)c3ccccc3C2=O)[C@H](OC(C)=O)[C@@H]1OC(C)=O. The summed E-state index contributed by atoms with van der Waals surface area (Å²) in [5.41, 5.74) is 0.389. The zero-order chi connectivity index (χ0) is 22.9. The highest BCUT2D eigenvalue weighted by molar-refractivity contribution is 9.09. The van der Waals surface area contributed by atoms with Crippen molar-refractivity contribution in [3.8, 4) is 0 Å². The maximum absolute atomic E-state index is 13.0. The molecule has 2 amide bonds. The molecule has 2 heterocycles. The summed E-state index contributed by atoms with van der Waals surface area (Å²) in [7, 11) is 0. The van der Waals surface area contributed by atoms with Gasteiger partial charge in [0.25, 0.3) is 11.8 Å². The van der Waals surface area contributed by atoms with E-state index in [0.29, 0.717) is 0 Å². The van der Waals surface area contributed by atoms with Crippen LogP contribution in [0.15, 0.2) is 24.3 Å². The third-order valence-electron chi connectivity index (χ3n) is 4.78. The predicted octanol–water partition coefficient (Wildman–Crippen LogP) is 1.20. The van der Waals surface area contributed by atoms with Crippen LogP contribution in [-0.4, -0.2) is 70.6 Å². The van der Waals surface area contributed by atoms with Crippen molar-refractivity contribution in [1.29, 1.82) is 0 Å². The first kappa shape index (κ1) is 22.9. The average molecular weight is 498 g/mol. The van der Waals surface area contributed by atoms with Crippen LogP contribution in [0.2, 0.25) is 0 Å². The number of carbonyl (C=O) groups is 5. The molecule has 31 heavy (non-hydrogen) atoms. The van der Waals surface area contributed by atoms with Crippen molar-refractivity contribution in [3.05, 3.63) is 35.4 Å². The van der Waals surface area contributed by atoms with E-state index in [2.05, 4.69) is 15.9 Å². The molecule has 0 aromatic heterocycles. The number of hydrogen-bond donors (Lipinski definition) is 0. The lowest BCUT2D eigenvalue weighted by atomic mass is 9.96. The van der Waals surface area contributed by atoms with Crippen LogP contribution in [0.5, 0.6) is 0 Å². The van der Waals surface area contributed by atoms with Gasteiger partial charge in [-0.3, -0.25) is 28.9 Å². The Hall–Kier alpha value is -2.79. The number of amides is 2. The summed E-state index contributed by atoms with van der Waals surface area (Å²) in [6, 6.07) is 5.11. The Labute approximate surface area is 185 Å². The zero-order valence-corrected chi connectivity index (χ0v) is 18.5. The summed E-state index contributed by atoms with van der Waals surface area (Å²) in [6.45, 7) is 3.18. The molecule has 2 aliphatic rings. The number of benzene rings is 1. The second-order valence-electron chi connectivity index (χ2n) is 6.99. The monoisotopic (exact) mass is 497 g/mol. The fraction of sp³-hybridized carbons (Fsp3) is 0.450. The van der Waals surface area contributed by atoms with Crippen molar-refractivity contribution in [3.63, 3.8) is 0 Å². The Kier molecular flexibility index (Phi) is 6.75. The van der Waals surface area contributed by atoms with Gasteiger partial charge in [0.2, 0.25) is 0 Å². The van der Waals surface area contributed by atoms with Crippen LogP contribution in [0.3, 0.4) is 0 Å². The molecule has 11 heteroatoms. The first-order chi connectivity index (χ1) is 14.6. The zero-order valence-electron chi connectivity index (χ0n) is 16.9. The molecular weight excluding hydrogens is 478 g/mol. The van der Waals surface area contributed by atoms with E-state index >= 15 is 0 Å². The van der Waals surface area contributed by atoms with Gasteiger partial charge in [-0.25, -0.2) is 0 Å². The maximum atomic E-state index is 13.0. The molecule has 5 atom stereocenters. The number of halogens is 1. The van der Waals surface area contributed by atoms with E-state index < -0.39 is 59.1 Å². The van der Waals surface area contributed by atoms with Crippen molar-refractivity contribution >= 4 is 45.7 Å². The van der Waals surface area contributed by atoms with E-state index in [1.54, 1.807) is 12.1 Å². The van der Waals surface area contributed by atoms with Gasteiger partial charge in [-0.05, 0) is 12.1 Å². The minimum absolute atomic E-state index is 0.194. The number of nitrogens with zero attached hydrogens (tertiary/aromatic N) is 1. The quantitative estimate of drug-likeness (QED) is 0.255. The van der Waals surface area contributed by atoms with Crippen LogP contribution < -0.4 is 0 Å². The molecular formula is C20H20BrNO9. The van der Waals surface area contributed by atoms with Crippen molar-refractivity contribution in [2.75, 3.05) is 6.61 Å². The molecule has 0 N–H and O–H groups in total. The number of ether oxygens (including phenoxy) is 4. The summed E-state index contributed by atoms with van der Waals surface area (Å²) in [4.78, 5) is 61.9. The fourth-order valence-electron chi connectivity index (χ4n) is 3.62. The molecule has 1 aromatic rings. The Morgan fingerprint density at radius 2 is 1.45 bits per heavy atom. The van der Waals surface area contributed by atoms with Crippen LogP contribution in [-0.2, 0) is 33.3 Å². The molecule has 3 rings (SSSR count). The number of alkyl halides is 1. The summed E-state index contributed by atoms with van der Waals surface area (Å²) >= 11 is 3.30. The molecule has 0 bridgehead atoms. The van der Waals surface area contributed by atoms with Gasteiger partial charge in [-0.15, -0.1) is 0 Å². The molecule has 10 nitrogen and oxygen atoms in total. The average Bonchev–Trinajstić information content (AvgIpc) is 2.93. The maximum Gasteiger partial charge on any atom is 0.303 e. The van der Waals surface area contributed by atoms with Gasteiger partial charge in [0.05, 0.1) is 11.1 Å². The van der Waals surface area contributed by atoms with Gasteiger partial charge in [0.15, 0.2) is 12.2 Å². The Morgan fingerprint density at radius 1 is 0.935 bits per heavy atom. The number of fused-ring (bicyclic) bond motifs is 1. The normalized spacial score (nSPS) is 27.5. The molecule has 1 aromatic carbocycles. The highest BCUT2D eigenvalue weighted by Crippen LogP contribution is 2.36. The van der Waals surface area contributed by atoms with Gasteiger partial charge in [-0.1, -0.05) is 28.1 Å². The van der Waals surface area contributed by atoms with Crippen molar-refractivity contribution in [1.82, 2.24) is 4.90 Å². The van der Waals surface area contributed by atoms with Crippen molar-refractivity contribution in [2.45, 2.75) is 50.1 Å². The van der Waals surface area contributed by atoms with E-state index in [1.165, 1.54) is 19.1 Å². The summed E-state index contributed by atoms with van der Waals surface area (Å²) in [5, 5.41) is -1.01. The van der Waals surface area contributed by atoms with Gasteiger partial charge in [0.1, 0.15) is 23.8 Å².